The van der Waals surface area contributed by atoms with Crippen molar-refractivity contribution in [2.24, 2.45) is 5.92 Å². The first kappa shape index (κ1) is 15.0. The first-order valence-corrected chi connectivity index (χ1v) is 7.62. The first-order chi connectivity index (χ1) is 9.56. The standard InChI is InChI=1S/C17H19BrFN/c1-12(2)10-17(13-6-4-3-5-7-13)20-14-8-9-15(18)16(19)11-14/h3-9,11-12,17,20H,10H2,1-2H3. The fourth-order valence-corrected chi connectivity index (χ4v) is 2.47. The van der Waals surface area contributed by atoms with E-state index < -0.39 is 0 Å². The van der Waals surface area contributed by atoms with Crippen molar-refractivity contribution in [2.45, 2.75) is 26.3 Å². The van der Waals surface area contributed by atoms with Gasteiger partial charge in [-0.05, 0) is 52.0 Å². The number of rotatable bonds is 5. The minimum absolute atomic E-state index is 0.191. The van der Waals surface area contributed by atoms with Crippen molar-refractivity contribution in [1.82, 2.24) is 0 Å². The second-order valence-electron chi connectivity index (χ2n) is 5.37. The Morgan fingerprint density at radius 2 is 1.80 bits per heavy atom. The molecule has 0 heterocycles. The summed E-state index contributed by atoms with van der Waals surface area (Å²) in [5.74, 6) is 0.319. The van der Waals surface area contributed by atoms with Crippen LogP contribution in [-0.2, 0) is 0 Å². The lowest BCUT2D eigenvalue weighted by molar-refractivity contribution is 0.530. The molecule has 0 spiro atoms. The van der Waals surface area contributed by atoms with E-state index in [1.165, 1.54) is 11.6 Å². The summed E-state index contributed by atoms with van der Waals surface area (Å²) in [5.41, 5.74) is 2.03. The Hall–Kier alpha value is -1.35. The molecule has 0 fully saturated rings. The molecule has 0 saturated heterocycles. The van der Waals surface area contributed by atoms with Crippen LogP contribution >= 0.6 is 15.9 Å². The van der Waals surface area contributed by atoms with Crippen LogP contribution in [0.2, 0.25) is 0 Å². The lowest BCUT2D eigenvalue weighted by atomic mass is 9.97. The lowest BCUT2D eigenvalue weighted by Gasteiger charge is -2.22. The van der Waals surface area contributed by atoms with Gasteiger partial charge < -0.3 is 5.32 Å². The molecule has 0 aliphatic heterocycles. The van der Waals surface area contributed by atoms with Crippen LogP contribution in [0.1, 0.15) is 31.9 Å². The maximum Gasteiger partial charge on any atom is 0.139 e. The van der Waals surface area contributed by atoms with E-state index in [0.717, 1.165) is 12.1 Å². The van der Waals surface area contributed by atoms with Crippen molar-refractivity contribution in [1.29, 1.82) is 0 Å². The third-order valence-corrected chi connectivity index (χ3v) is 3.81. The molecule has 106 valence electrons. The van der Waals surface area contributed by atoms with E-state index in [2.05, 4.69) is 47.2 Å². The molecule has 0 aliphatic rings. The maximum atomic E-state index is 13.6. The molecule has 2 rings (SSSR count). The van der Waals surface area contributed by atoms with Gasteiger partial charge in [0.05, 0.1) is 10.5 Å². The zero-order chi connectivity index (χ0) is 14.5. The van der Waals surface area contributed by atoms with E-state index >= 15 is 0 Å². The Labute approximate surface area is 128 Å². The molecule has 0 saturated carbocycles. The molecule has 1 nitrogen and oxygen atoms in total. The summed E-state index contributed by atoms with van der Waals surface area (Å²) in [4.78, 5) is 0. The van der Waals surface area contributed by atoms with Crippen LogP contribution in [-0.4, -0.2) is 0 Å². The third kappa shape index (κ3) is 4.07. The maximum absolute atomic E-state index is 13.6. The average Bonchev–Trinajstić information content (AvgIpc) is 2.43. The minimum Gasteiger partial charge on any atom is -0.378 e. The minimum atomic E-state index is -0.244. The van der Waals surface area contributed by atoms with Gasteiger partial charge in [-0.2, -0.15) is 0 Å². The summed E-state index contributed by atoms with van der Waals surface area (Å²) < 4.78 is 14.1. The summed E-state index contributed by atoms with van der Waals surface area (Å²) in [6.07, 6.45) is 1.00. The van der Waals surface area contributed by atoms with Gasteiger partial charge in [0.25, 0.3) is 0 Å². The molecule has 20 heavy (non-hydrogen) atoms. The highest BCUT2D eigenvalue weighted by atomic mass is 79.9. The number of halogens is 2. The smallest absolute Gasteiger partial charge is 0.139 e. The van der Waals surface area contributed by atoms with Crippen molar-refractivity contribution >= 4 is 21.6 Å². The fraction of sp³-hybridized carbons (Fsp3) is 0.294. The molecule has 0 radical (unpaired) electrons. The molecule has 0 amide bonds. The van der Waals surface area contributed by atoms with Crippen LogP contribution < -0.4 is 5.32 Å². The predicted molar refractivity (Wildman–Crippen MR) is 86.4 cm³/mol. The fourth-order valence-electron chi connectivity index (χ4n) is 2.22. The quantitative estimate of drug-likeness (QED) is 0.729. The highest BCUT2D eigenvalue weighted by molar-refractivity contribution is 9.10. The average molecular weight is 336 g/mol. The molecule has 1 unspecified atom stereocenters. The van der Waals surface area contributed by atoms with Gasteiger partial charge in [0.15, 0.2) is 0 Å². The number of hydrogen-bond acceptors (Lipinski definition) is 1. The van der Waals surface area contributed by atoms with E-state index in [9.17, 15) is 4.39 Å². The third-order valence-electron chi connectivity index (χ3n) is 3.17. The van der Waals surface area contributed by atoms with E-state index in [4.69, 9.17) is 0 Å². The SMILES string of the molecule is CC(C)CC(Nc1ccc(Br)c(F)c1)c1ccccc1. The van der Waals surface area contributed by atoms with Crippen molar-refractivity contribution in [3.05, 3.63) is 64.4 Å². The molecular weight excluding hydrogens is 317 g/mol. The predicted octanol–water partition coefficient (Wildman–Crippen LogP) is 5.79. The lowest BCUT2D eigenvalue weighted by Crippen LogP contribution is -2.13. The summed E-state index contributed by atoms with van der Waals surface area (Å²) in [7, 11) is 0. The topological polar surface area (TPSA) is 12.0 Å². The Bertz CT molecular complexity index is 554. The zero-order valence-corrected chi connectivity index (χ0v) is 13.3. The van der Waals surface area contributed by atoms with Crippen molar-refractivity contribution in [2.75, 3.05) is 5.32 Å². The summed E-state index contributed by atoms with van der Waals surface area (Å²) in [6, 6.07) is 15.6. The number of nitrogens with one attached hydrogen (secondary N) is 1. The van der Waals surface area contributed by atoms with Crippen LogP contribution in [0.15, 0.2) is 53.0 Å². The molecule has 2 aromatic rings. The van der Waals surface area contributed by atoms with Gasteiger partial charge in [-0.15, -0.1) is 0 Å². The van der Waals surface area contributed by atoms with Crippen LogP contribution in [0.4, 0.5) is 10.1 Å². The summed E-state index contributed by atoms with van der Waals surface area (Å²) in [5, 5.41) is 3.43. The normalized spacial score (nSPS) is 12.4. The molecular formula is C17H19BrFN. The van der Waals surface area contributed by atoms with E-state index in [0.29, 0.717) is 10.4 Å². The number of benzene rings is 2. The van der Waals surface area contributed by atoms with Crippen LogP contribution in [0.25, 0.3) is 0 Å². The summed E-state index contributed by atoms with van der Waals surface area (Å²) >= 11 is 3.18. The number of hydrogen-bond donors (Lipinski definition) is 1. The Kier molecular flexibility index (Phi) is 5.18. The van der Waals surface area contributed by atoms with Gasteiger partial charge in [-0.1, -0.05) is 44.2 Å². The summed E-state index contributed by atoms with van der Waals surface area (Å²) in [6.45, 7) is 4.39. The van der Waals surface area contributed by atoms with Gasteiger partial charge in [0.2, 0.25) is 0 Å². The monoisotopic (exact) mass is 335 g/mol. The van der Waals surface area contributed by atoms with Crippen molar-refractivity contribution in [3.8, 4) is 0 Å². The molecule has 1 N–H and O–H groups in total. The van der Waals surface area contributed by atoms with Gasteiger partial charge in [-0.3, -0.25) is 0 Å². The Balaban J connectivity index is 2.21. The molecule has 0 aromatic heterocycles. The molecule has 2 aromatic carbocycles. The van der Waals surface area contributed by atoms with Crippen LogP contribution in [0.3, 0.4) is 0 Å². The second kappa shape index (κ2) is 6.89. The highest BCUT2D eigenvalue weighted by Crippen LogP contribution is 2.27. The molecule has 1 atom stereocenters. The number of anilines is 1. The molecule has 0 aliphatic carbocycles. The van der Waals surface area contributed by atoms with Crippen LogP contribution in [0, 0.1) is 11.7 Å². The first-order valence-electron chi connectivity index (χ1n) is 6.83. The van der Waals surface area contributed by atoms with E-state index in [-0.39, 0.29) is 11.9 Å². The Morgan fingerprint density at radius 3 is 2.40 bits per heavy atom. The van der Waals surface area contributed by atoms with Gasteiger partial charge in [0.1, 0.15) is 5.82 Å². The second-order valence-corrected chi connectivity index (χ2v) is 6.22. The van der Waals surface area contributed by atoms with Gasteiger partial charge in [0, 0.05) is 5.69 Å². The zero-order valence-electron chi connectivity index (χ0n) is 11.7. The van der Waals surface area contributed by atoms with Crippen molar-refractivity contribution < 1.29 is 4.39 Å². The van der Waals surface area contributed by atoms with E-state index in [1.807, 2.05) is 24.3 Å². The molecule has 3 heteroatoms. The van der Waals surface area contributed by atoms with Gasteiger partial charge in [-0.25, -0.2) is 4.39 Å². The largest absolute Gasteiger partial charge is 0.378 e. The van der Waals surface area contributed by atoms with Gasteiger partial charge >= 0.3 is 0 Å². The Morgan fingerprint density at radius 1 is 1.10 bits per heavy atom. The van der Waals surface area contributed by atoms with E-state index in [1.54, 1.807) is 6.07 Å². The highest BCUT2D eigenvalue weighted by Gasteiger charge is 2.13. The molecule has 0 bridgehead atoms. The van der Waals surface area contributed by atoms with Crippen molar-refractivity contribution in [3.63, 3.8) is 0 Å². The van der Waals surface area contributed by atoms with Crippen LogP contribution in [0.5, 0.6) is 0 Å².